The lowest BCUT2D eigenvalue weighted by Gasteiger charge is -2.13. The number of para-hydroxylation sites is 1. The maximum Gasteiger partial charge on any atom is 0.269 e. The van der Waals surface area contributed by atoms with Gasteiger partial charge in [0, 0.05) is 22.3 Å². The number of nitrogens with one attached hydrogen (secondary N) is 1. The molecule has 0 saturated carbocycles. The number of anilines is 1. The summed E-state index contributed by atoms with van der Waals surface area (Å²) in [5.41, 5.74) is 2.54. The fraction of sp³-hybridized carbons (Fsp3) is 0.120. The number of halogens is 1. The van der Waals surface area contributed by atoms with E-state index in [4.69, 9.17) is 9.47 Å². The van der Waals surface area contributed by atoms with Crippen LogP contribution in [0.15, 0.2) is 70.7 Å². The topological polar surface area (TPSA) is 114 Å². The molecule has 0 fully saturated rings. The van der Waals surface area contributed by atoms with Crippen LogP contribution >= 0.6 is 15.9 Å². The highest BCUT2D eigenvalue weighted by Crippen LogP contribution is 2.35. The molecule has 0 aromatic heterocycles. The third-order valence-corrected chi connectivity index (χ3v) is 5.54. The van der Waals surface area contributed by atoms with Gasteiger partial charge in [-0.3, -0.25) is 14.9 Å². The molecule has 9 heteroatoms. The molecule has 0 aliphatic rings. The van der Waals surface area contributed by atoms with Crippen LogP contribution in [-0.2, 0) is 11.4 Å². The van der Waals surface area contributed by atoms with Crippen molar-refractivity contribution in [2.24, 2.45) is 0 Å². The van der Waals surface area contributed by atoms with Gasteiger partial charge in [-0.25, -0.2) is 0 Å². The first kappa shape index (κ1) is 24.5. The van der Waals surface area contributed by atoms with Gasteiger partial charge in [-0.1, -0.05) is 46.3 Å². The van der Waals surface area contributed by atoms with Gasteiger partial charge in [0.05, 0.1) is 12.0 Å². The summed E-state index contributed by atoms with van der Waals surface area (Å²) in [5, 5.41) is 23.3. The minimum absolute atomic E-state index is 0.0252. The number of hydrogen-bond acceptors (Lipinski definition) is 6. The lowest BCUT2D eigenvalue weighted by molar-refractivity contribution is -0.384. The maximum atomic E-state index is 12.6. The molecule has 0 aliphatic heterocycles. The molecule has 0 spiro atoms. The van der Waals surface area contributed by atoms with E-state index in [2.05, 4.69) is 21.2 Å². The van der Waals surface area contributed by atoms with Crippen LogP contribution in [-0.4, -0.2) is 17.9 Å². The van der Waals surface area contributed by atoms with E-state index in [0.717, 1.165) is 5.56 Å². The van der Waals surface area contributed by atoms with Crippen LogP contribution in [0.3, 0.4) is 0 Å². The molecule has 0 heterocycles. The normalized spacial score (nSPS) is 10.8. The zero-order chi connectivity index (χ0) is 24.7. The zero-order valence-corrected chi connectivity index (χ0v) is 20.0. The third kappa shape index (κ3) is 5.99. The van der Waals surface area contributed by atoms with Gasteiger partial charge in [-0.15, -0.1) is 0 Å². The summed E-state index contributed by atoms with van der Waals surface area (Å²) in [6, 6.07) is 18.6. The number of ether oxygens (including phenoxy) is 2. The summed E-state index contributed by atoms with van der Waals surface area (Å²) in [7, 11) is 1.47. The number of aryl methyl sites for hydroxylation is 1. The largest absolute Gasteiger partial charge is 0.493 e. The first-order chi connectivity index (χ1) is 16.3. The van der Waals surface area contributed by atoms with Gasteiger partial charge in [-0.2, -0.15) is 5.26 Å². The molecule has 0 atom stereocenters. The standard InChI is InChI=1S/C25H20BrN3O5/c1-16-6-3-4-9-22(16)28-25(30)19(14-27)11-18-12-23(33-2)24(13-21(18)26)34-15-17-7-5-8-20(10-17)29(31)32/h3-13H,15H2,1-2H3,(H,28,30)/b19-11-. The Morgan fingerprint density at radius 2 is 1.94 bits per heavy atom. The van der Waals surface area contributed by atoms with E-state index in [0.29, 0.717) is 32.8 Å². The van der Waals surface area contributed by atoms with E-state index in [1.54, 1.807) is 36.4 Å². The highest BCUT2D eigenvalue weighted by atomic mass is 79.9. The molecule has 3 aromatic rings. The number of benzene rings is 3. The first-order valence-electron chi connectivity index (χ1n) is 10.0. The molecule has 34 heavy (non-hydrogen) atoms. The third-order valence-electron chi connectivity index (χ3n) is 4.86. The smallest absolute Gasteiger partial charge is 0.269 e. The summed E-state index contributed by atoms with van der Waals surface area (Å²) in [5.74, 6) is 0.228. The van der Waals surface area contributed by atoms with E-state index < -0.39 is 10.8 Å². The fourth-order valence-electron chi connectivity index (χ4n) is 3.06. The summed E-state index contributed by atoms with van der Waals surface area (Å²) >= 11 is 3.44. The van der Waals surface area contributed by atoms with Crippen LogP contribution in [0.1, 0.15) is 16.7 Å². The molecular weight excluding hydrogens is 502 g/mol. The average Bonchev–Trinajstić information content (AvgIpc) is 2.83. The second-order valence-electron chi connectivity index (χ2n) is 7.18. The van der Waals surface area contributed by atoms with Gasteiger partial charge in [-0.05, 0) is 47.9 Å². The number of rotatable bonds is 8. The van der Waals surface area contributed by atoms with Crippen molar-refractivity contribution in [3.63, 3.8) is 0 Å². The molecule has 3 aromatic carbocycles. The zero-order valence-electron chi connectivity index (χ0n) is 18.4. The number of non-ortho nitro benzene ring substituents is 1. The van der Waals surface area contributed by atoms with Gasteiger partial charge >= 0.3 is 0 Å². The molecule has 1 N–H and O–H groups in total. The average molecular weight is 522 g/mol. The van der Waals surface area contributed by atoms with E-state index in [1.165, 1.54) is 25.3 Å². The lowest BCUT2D eigenvalue weighted by Crippen LogP contribution is -2.14. The number of carbonyl (C=O) groups is 1. The number of nitriles is 1. The van der Waals surface area contributed by atoms with Crippen molar-refractivity contribution in [3.8, 4) is 17.6 Å². The highest BCUT2D eigenvalue weighted by Gasteiger charge is 2.15. The summed E-state index contributed by atoms with van der Waals surface area (Å²) in [4.78, 5) is 23.1. The van der Waals surface area contributed by atoms with Crippen molar-refractivity contribution < 1.29 is 19.2 Å². The molecule has 3 rings (SSSR count). The Balaban J connectivity index is 1.83. The summed E-state index contributed by atoms with van der Waals surface area (Å²) < 4.78 is 11.8. The molecule has 0 unspecified atom stereocenters. The number of nitro benzene ring substituents is 1. The van der Waals surface area contributed by atoms with Crippen molar-refractivity contribution in [3.05, 3.63) is 97.5 Å². The van der Waals surface area contributed by atoms with Crippen LogP contribution in [0.25, 0.3) is 6.08 Å². The van der Waals surface area contributed by atoms with Gasteiger partial charge in [0.25, 0.3) is 11.6 Å². The molecule has 8 nitrogen and oxygen atoms in total. The minimum Gasteiger partial charge on any atom is -0.493 e. The number of methoxy groups -OCH3 is 1. The quantitative estimate of drug-likeness (QED) is 0.173. The summed E-state index contributed by atoms with van der Waals surface area (Å²) in [6.07, 6.45) is 1.45. The van der Waals surface area contributed by atoms with Gasteiger partial charge in [0.1, 0.15) is 18.2 Å². The number of nitro groups is 1. The Morgan fingerprint density at radius 1 is 1.18 bits per heavy atom. The van der Waals surface area contributed by atoms with E-state index in [1.807, 2.05) is 25.1 Å². The number of amides is 1. The lowest BCUT2D eigenvalue weighted by atomic mass is 10.1. The minimum atomic E-state index is -0.534. The second kappa shape index (κ2) is 11.1. The van der Waals surface area contributed by atoms with E-state index in [9.17, 15) is 20.2 Å². The Bertz CT molecular complexity index is 1310. The van der Waals surface area contributed by atoms with E-state index >= 15 is 0 Å². The van der Waals surface area contributed by atoms with Crippen LogP contribution in [0.2, 0.25) is 0 Å². The number of nitrogens with zero attached hydrogens (tertiary/aromatic N) is 2. The molecule has 172 valence electrons. The SMILES string of the molecule is COc1cc(/C=C(/C#N)C(=O)Nc2ccccc2C)c(Br)cc1OCc1cccc([N+](=O)[O-])c1. The molecule has 0 saturated heterocycles. The Morgan fingerprint density at radius 3 is 2.62 bits per heavy atom. The van der Waals surface area contributed by atoms with Crippen molar-refractivity contribution in [2.45, 2.75) is 13.5 Å². The van der Waals surface area contributed by atoms with Crippen molar-refractivity contribution >= 4 is 39.3 Å². The predicted molar refractivity (Wildman–Crippen MR) is 132 cm³/mol. The Kier molecular flexibility index (Phi) is 8.01. The van der Waals surface area contributed by atoms with E-state index in [-0.39, 0.29) is 17.9 Å². The van der Waals surface area contributed by atoms with Gasteiger partial charge in [0.15, 0.2) is 11.5 Å². The number of carbonyl (C=O) groups excluding carboxylic acids is 1. The summed E-state index contributed by atoms with van der Waals surface area (Å²) in [6.45, 7) is 1.95. The van der Waals surface area contributed by atoms with Gasteiger partial charge in [0.2, 0.25) is 0 Å². The Labute approximate surface area is 204 Å². The van der Waals surface area contributed by atoms with Crippen molar-refractivity contribution in [1.82, 2.24) is 0 Å². The van der Waals surface area contributed by atoms with Crippen molar-refractivity contribution in [1.29, 1.82) is 5.26 Å². The first-order valence-corrected chi connectivity index (χ1v) is 10.8. The number of hydrogen-bond donors (Lipinski definition) is 1. The predicted octanol–water partition coefficient (Wildman–Crippen LogP) is 5.80. The monoisotopic (exact) mass is 521 g/mol. The molecule has 1 amide bonds. The fourth-order valence-corrected chi connectivity index (χ4v) is 3.50. The van der Waals surface area contributed by atoms with Gasteiger partial charge < -0.3 is 14.8 Å². The molecule has 0 bridgehead atoms. The maximum absolute atomic E-state index is 12.6. The van der Waals surface area contributed by atoms with Crippen LogP contribution in [0.4, 0.5) is 11.4 Å². The molecule has 0 radical (unpaired) electrons. The second-order valence-corrected chi connectivity index (χ2v) is 8.03. The van der Waals surface area contributed by atoms with Crippen LogP contribution in [0, 0.1) is 28.4 Å². The Hall–Kier alpha value is -4.16. The molecular formula is C25H20BrN3O5. The van der Waals surface area contributed by atoms with Crippen LogP contribution in [0.5, 0.6) is 11.5 Å². The molecule has 0 aliphatic carbocycles. The highest BCUT2D eigenvalue weighted by molar-refractivity contribution is 9.10. The van der Waals surface area contributed by atoms with Crippen LogP contribution < -0.4 is 14.8 Å². The van der Waals surface area contributed by atoms with Crippen molar-refractivity contribution in [2.75, 3.05) is 12.4 Å².